The van der Waals surface area contributed by atoms with Crippen molar-refractivity contribution in [2.24, 2.45) is 11.7 Å². The van der Waals surface area contributed by atoms with Crippen molar-refractivity contribution < 1.29 is 4.79 Å². The minimum absolute atomic E-state index is 0.0403. The predicted octanol–water partition coefficient (Wildman–Crippen LogP) is 0.210. The Morgan fingerprint density at radius 2 is 2.44 bits per heavy atom. The molecule has 1 amide bonds. The molecule has 1 atom stereocenters. The molecule has 0 aromatic carbocycles. The number of hydrogen-bond acceptors (Lipinski definition) is 3. The average molecular weight is 222 g/mol. The number of aromatic nitrogens is 2. The molecule has 0 saturated heterocycles. The third-order valence-electron chi connectivity index (χ3n) is 3.18. The first kappa shape index (κ1) is 11.1. The summed E-state index contributed by atoms with van der Waals surface area (Å²) in [5.74, 6) is 1.09. The smallest absolute Gasteiger partial charge is 0.227 e. The van der Waals surface area contributed by atoms with Gasteiger partial charge in [-0.25, -0.2) is 4.98 Å². The first-order valence-corrected chi connectivity index (χ1v) is 5.75. The summed E-state index contributed by atoms with van der Waals surface area (Å²) in [5.41, 5.74) is 5.60. The van der Waals surface area contributed by atoms with E-state index >= 15 is 0 Å². The highest BCUT2D eigenvalue weighted by atomic mass is 16.2. The fraction of sp³-hybridized carbons (Fsp3) is 0.636. The molecule has 0 fully saturated rings. The first-order chi connectivity index (χ1) is 7.76. The number of fused-ring (bicyclic) bond motifs is 1. The predicted molar refractivity (Wildman–Crippen MR) is 60.5 cm³/mol. The molecule has 5 nitrogen and oxygen atoms in total. The van der Waals surface area contributed by atoms with Gasteiger partial charge >= 0.3 is 0 Å². The monoisotopic (exact) mass is 222 g/mol. The van der Waals surface area contributed by atoms with Crippen LogP contribution >= 0.6 is 0 Å². The number of rotatable bonds is 3. The topological polar surface area (TPSA) is 64.2 Å². The maximum atomic E-state index is 12.1. The van der Waals surface area contributed by atoms with Gasteiger partial charge in [0.05, 0.1) is 12.5 Å². The van der Waals surface area contributed by atoms with Gasteiger partial charge in [0.15, 0.2) is 0 Å². The molecule has 0 spiro atoms. The summed E-state index contributed by atoms with van der Waals surface area (Å²) >= 11 is 0. The van der Waals surface area contributed by atoms with Crippen molar-refractivity contribution in [3.8, 4) is 0 Å². The van der Waals surface area contributed by atoms with Gasteiger partial charge < -0.3 is 15.2 Å². The molecule has 0 radical (unpaired) electrons. The van der Waals surface area contributed by atoms with Crippen LogP contribution in [-0.2, 0) is 17.9 Å². The minimum atomic E-state index is -0.0403. The summed E-state index contributed by atoms with van der Waals surface area (Å²) in [6.45, 7) is 4.64. The van der Waals surface area contributed by atoms with Gasteiger partial charge in [-0.15, -0.1) is 0 Å². The van der Waals surface area contributed by atoms with Crippen molar-refractivity contribution >= 4 is 5.91 Å². The summed E-state index contributed by atoms with van der Waals surface area (Å²) in [7, 11) is 0. The SMILES string of the molecule is CCC(CN)C(=O)N1CCn2ccnc2C1. The fourth-order valence-electron chi connectivity index (χ4n) is 2.06. The largest absolute Gasteiger partial charge is 0.333 e. The lowest BCUT2D eigenvalue weighted by Gasteiger charge is -2.30. The van der Waals surface area contributed by atoms with Crippen molar-refractivity contribution in [1.29, 1.82) is 0 Å². The van der Waals surface area contributed by atoms with Crippen molar-refractivity contribution in [2.45, 2.75) is 26.4 Å². The second-order valence-electron chi connectivity index (χ2n) is 4.14. The van der Waals surface area contributed by atoms with E-state index in [-0.39, 0.29) is 11.8 Å². The van der Waals surface area contributed by atoms with E-state index in [2.05, 4.69) is 9.55 Å². The molecular weight excluding hydrogens is 204 g/mol. The van der Waals surface area contributed by atoms with Crippen LogP contribution in [0, 0.1) is 5.92 Å². The molecule has 2 heterocycles. The van der Waals surface area contributed by atoms with E-state index in [1.807, 2.05) is 18.0 Å². The molecule has 1 aliphatic rings. The number of nitrogens with two attached hydrogens (primary N) is 1. The Hall–Kier alpha value is -1.36. The van der Waals surface area contributed by atoms with Crippen LogP contribution in [0.3, 0.4) is 0 Å². The molecule has 0 saturated carbocycles. The number of nitrogens with zero attached hydrogens (tertiary/aromatic N) is 3. The van der Waals surface area contributed by atoms with Crippen LogP contribution in [0.15, 0.2) is 12.4 Å². The van der Waals surface area contributed by atoms with Gasteiger partial charge in [-0.3, -0.25) is 4.79 Å². The number of imidazole rings is 1. The quantitative estimate of drug-likeness (QED) is 0.795. The third-order valence-corrected chi connectivity index (χ3v) is 3.18. The minimum Gasteiger partial charge on any atom is -0.333 e. The molecule has 5 heteroatoms. The maximum Gasteiger partial charge on any atom is 0.227 e. The highest BCUT2D eigenvalue weighted by Crippen LogP contribution is 2.14. The Balaban J connectivity index is 2.05. The van der Waals surface area contributed by atoms with Gasteiger partial charge in [0.1, 0.15) is 5.82 Å². The summed E-state index contributed by atoms with van der Waals surface area (Å²) in [6, 6.07) is 0. The van der Waals surface area contributed by atoms with Gasteiger partial charge in [0.2, 0.25) is 5.91 Å². The molecule has 0 bridgehead atoms. The van der Waals surface area contributed by atoms with Gasteiger partial charge in [0.25, 0.3) is 0 Å². The zero-order valence-corrected chi connectivity index (χ0v) is 9.59. The Kier molecular flexibility index (Phi) is 3.24. The zero-order chi connectivity index (χ0) is 11.5. The molecular formula is C11H18N4O. The molecule has 0 aliphatic carbocycles. The van der Waals surface area contributed by atoms with Crippen LogP contribution in [-0.4, -0.2) is 33.4 Å². The lowest BCUT2D eigenvalue weighted by molar-refractivity contribution is -0.136. The van der Waals surface area contributed by atoms with Crippen LogP contribution in [0.5, 0.6) is 0 Å². The number of carbonyl (C=O) groups excluding carboxylic acids is 1. The molecule has 1 aliphatic heterocycles. The number of amides is 1. The Morgan fingerprint density at radius 3 is 3.12 bits per heavy atom. The van der Waals surface area contributed by atoms with E-state index in [4.69, 9.17) is 5.73 Å². The lowest BCUT2D eigenvalue weighted by atomic mass is 10.1. The van der Waals surface area contributed by atoms with Gasteiger partial charge in [0, 0.05) is 32.0 Å². The van der Waals surface area contributed by atoms with Crippen molar-refractivity contribution in [3.63, 3.8) is 0 Å². The van der Waals surface area contributed by atoms with Crippen LogP contribution in [0.25, 0.3) is 0 Å². The van der Waals surface area contributed by atoms with Crippen LogP contribution < -0.4 is 5.73 Å². The van der Waals surface area contributed by atoms with Crippen LogP contribution in [0.1, 0.15) is 19.2 Å². The highest BCUT2D eigenvalue weighted by molar-refractivity contribution is 5.79. The van der Waals surface area contributed by atoms with Crippen molar-refractivity contribution in [1.82, 2.24) is 14.5 Å². The molecule has 1 unspecified atom stereocenters. The first-order valence-electron chi connectivity index (χ1n) is 5.75. The summed E-state index contributed by atoms with van der Waals surface area (Å²) in [4.78, 5) is 18.2. The third kappa shape index (κ3) is 1.95. The van der Waals surface area contributed by atoms with Gasteiger partial charge in [-0.05, 0) is 6.42 Å². The van der Waals surface area contributed by atoms with Gasteiger partial charge in [-0.1, -0.05) is 6.92 Å². The summed E-state index contributed by atoms with van der Waals surface area (Å²) in [6.07, 6.45) is 4.54. The van der Waals surface area contributed by atoms with Crippen molar-refractivity contribution in [2.75, 3.05) is 13.1 Å². The fourth-order valence-corrected chi connectivity index (χ4v) is 2.06. The lowest BCUT2D eigenvalue weighted by Crippen LogP contribution is -2.43. The standard InChI is InChI=1S/C11H18N4O/c1-2-9(7-12)11(16)15-6-5-14-4-3-13-10(14)8-15/h3-4,9H,2,5-8,12H2,1H3. The Labute approximate surface area is 95.2 Å². The zero-order valence-electron chi connectivity index (χ0n) is 9.59. The van der Waals surface area contributed by atoms with Crippen LogP contribution in [0.2, 0.25) is 0 Å². The van der Waals surface area contributed by atoms with E-state index in [0.717, 1.165) is 25.3 Å². The van der Waals surface area contributed by atoms with E-state index in [0.29, 0.717) is 13.1 Å². The normalized spacial score (nSPS) is 17.0. The van der Waals surface area contributed by atoms with Crippen LogP contribution in [0.4, 0.5) is 0 Å². The summed E-state index contributed by atoms with van der Waals surface area (Å²) in [5, 5.41) is 0. The molecule has 2 N–H and O–H groups in total. The number of hydrogen-bond donors (Lipinski definition) is 1. The molecule has 1 aromatic heterocycles. The van der Waals surface area contributed by atoms with E-state index < -0.39 is 0 Å². The van der Waals surface area contributed by atoms with Gasteiger partial charge in [-0.2, -0.15) is 0 Å². The van der Waals surface area contributed by atoms with E-state index in [1.165, 1.54) is 0 Å². The molecule has 16 heavy (non-hydrogen) atoms. The second kappa shape index (κ2) is 4.65. The van der Waals surface area contributed by atoms with Crippen molar-refractivity contribution in [3.05, 3.63) is 18.2 Å². The second-order valence-corrected chi connectivity index (χ2v) is 4.14. The average Bonchev–Trinajstić information content (AvgIpc) is 2.77. The Morgan fingerprint density at radius 1 is 1.62 bits per heavy atom. The maximum absolute atomic E-state index is 12.1. The van der Waals surface area contributed by atoms with E-state index in [9.17, 15) is 4.79 Å². The molecule has 1 aromatic rings. The van der Waals surface area contributed by atoms with E-state index in [1.54, 1.807) is 6.20 Å². The highest BCUT2D eigenvalue weighted by Gasteiger charge is 2.25. The Bertz CT molecular complexity index is 370. The molecule has 88 valence electrons. The summed E-state index contributed by atoms with van der Waals surface area (Å²) < 4.78 is 2.09. The molecule has 2 rings (SSSR count). The number of carbonyl (C=O) groups is 1.